The first kappa shape index (κ1) is 46.2. The smallest absolute Gasteiger partial charge is 0.0718 e. The van der Waals surface area contributed by atoms with Crippen LogP contribution in [-0.4, -0.2) is 4.57 Å². The second-order valence-corrected chi connectivity index (χ2v) is 21.7. The first-order valence-corrected chi connectivity index (χ1v) is 28.3. The van der Waals surface area contributed by atoms with E-state index in [1.165, 1.54) is 134 Å². The first-order chi connectivity index (χ1) is 39.7. The van der Waals surface area contributed by atoms with E-state index in [1.807, 2.05) is 0 Å². The molecule has 11 aromatic carbocycles. The number of allylic oxidation sites excluding steroid dienone is 7. The first-order valence-electron chi connectivity index (χ1n) is 28.3. The van der Waals surface area contributed by atoms with E-state index in [4.69, 9.17) is 0 Å². The van der Waals surface area contributed by atoms with Gasteiger partial charge in [0.25, 0.3) is 0 Å². The highest BCUT2D eigenvalue weighted by atomic mass is 15.2. The van der Waals surface area contributed by atoms with E-state index >= 15 is 0 Å². The number of fused-ring (bicyclic) bond motifs is 12. The number of hydrogen-bond donors (Lipinski definition) is 0. The molecule has 80 heavy (non-hydrogen) atoms. The number of anilines is 4. The molecule has 0 amide bonds. The lowest BCUT2D eigenvalue weighted by Gasteiger charge is -2.46. The quantitative estimate of drug-likeness (QED) is 0.150. The molecule has 378 valence electrons. The van der Waals surface area contributed by atoms with Gasteiger partial charge in [-0.3, -0.25) is 0 Å². The fourth-order valence-electron chi connectivity index (χ4n) is 14.4. The van der Waals surface area contributed by atoms with E-state index in [2.05, 4.69) is 300 Å². The summed E-state index contributed by atoms with van der Waals surface area (Å²) in [6.45, 7) is 0. The molecule has 0 fully saturated rings. The minimum absolute atomic E-state index is 0.521. The molecule has 0 radical (unpaired) electrons. The van der Waals surface area contributed by atoms with Gasteiger partial charge in [-0.05, 0) is 159 Å². The van der Waals surface area contributed by atoms with Crippen molar-refractivity contribution in [3.8, 4) is 27.9 Å². The van der Waals surface area contributed by atoms with Crippen LogP contribution < -0.4 is 9.80 Å². The molecular formula is C77H55N3. The molecule has 3 heteroatoms. The summed E-state index contributed by atoms with van der Waals surface area (Å²) >= 11 is 0. The van der Waals surface area contributed by atoms with Crippen molar-refractivity contribution < 1.29 is 0 Å². The molecular weight excluding hydrogens is 967 g/mol. The number of benzene rings is 11. The maximum absolute atomic E-state index is 2.68. The Bertz CT molecular complexity index is 4550. The van der Waals surface area contributed by atoms with E-state index in [-0.39, 0.29) is 0 Å². The molecule has 3 aliphatic carbocycles. The third kappa shape index (κ3) is 6.93. The van der Waals surface area contributed by atoms with Gasteiger partial charge >= 0.3 is 0 Å². The zero-order chi connectivity index (χ0) is 52.7. The molecule has 1 spiro atoms. The molecule has 0 saturated heterocycles. The van der Waals surface area contributed by atoms with Crippen LogP contribution in [-0.2, 0) is 5.41 Å². The Kier molecular flexibility index (Phi) is 10.7. The third-order valence-electron chi connectivity index (χ3n) is 17.6. The molecule has 4 aliphatic rings. The second-order valence-electron chi connectivity index (χ2n) is 21.7. The molecule has 12 aromatic rings. The van der Waals surface area contributed by atoms with Crippen LogP contribution in [0.3, 0.4) is 0 Å². The average Bonchev–Trinajstić information content (AvgIpc) is 4.22. The summed E-state index contributed by atoms with van der Waals surface area (Å²) in [6.07, 6.45) is 11.0. The van der Waals surface area contributed by atoms with E-state index in [0.29, 0.717) is 0 Å². The molecule has 0 unspecified atom stereocenters. The van der Waals surface area contributed by atoms with Gasteiger partial charge in [-0.1, -0.05) is 218 Å². The van der Waals surface area contributed by atoms with Gasteiger partial charge in [0.2, 0.25) is 0 Å². The Hall–Kier alpha value is -9.96. The van der Waals surface area contributed by atoms with E-state index in [9.17, 15) is 0 Å². The van der Waals surface area contributed by atoms with Crippen LogP contribution in [0.1, 0.15) is 53.5 Å². The number of rotatable bonds is 8. The van der Waals surface area contributed by atoms with Crippen LogP contribution in [0.4, 0.5) is 22.7 Å². The number of para-hydroxylation sites is 6. The van der Waals surface area contributed by atoms with E-state index in [0.717, 1.165) is 31.4 Å². The van der Waals surface area contributed by atoms with Crippen molar-refractivity contribution in [3.63, 3.8) is 0 Å². The summed E-state index contributed by atoms with van der Waals surface area (Å²) < 4.78 is 2.41. The van der Waals surface area contributed by atoms with Gasteiger partial charge in [-0.15, -0.1) is 0 Å². The monoisotopic (exact) mass is 1020 g/mol. The highest BCUT2D eigenvalue weighted by Crippen LogP contribution is 2.65. The Morgan fingerprint density at radius 2 is 0.963 bits per heavy atom. The van der Waals surface area contributed by atoms with Crippen LogP contribution >= 0.6 is 0 Å². The van der Waals surface area contributed by atoms with Crippen LogP contribution in [0.25, 0.3) is 71.7 Å². The summed E-state index contributed by atoms with van der Waals surface area (Å²) in [4.78, 5) is 5.17. The standard InChI is InChI=1S/C77H55N3/c1-3-25-55(26-4-1)78-71-41-18-13-33-63(71)65-51-54(47-50-72(65)78)52-45-48-57(49-46-52)79(70-40-17-12-32-62(70)61-31-10-9-30-60(61)59-35-21-24-53-23-7-8-29-58(53)59)75-44-22-39-69-76(75)64-34-11-14-36-66(64)77(69)67-37-15-19-42-73(67)80(56-27-5-2-6-28-56)74-43-20-16-38-68(74)77/h1-21,23-38,40-45,47-48,50-51H,22,39,46,49H2. The molecule has 1 aromatic heterocycles. The summed E-state index contributed by atoms with van der Waals surface area (Å²) in [5.74, 6) is 0. The Balaban J connectivity index is 0.911. The average molecular weight is 1020 g/mol. The maximum atomic E-state index is 2.68. The molecule has 16 rings (SSSR count). The van der Waals surface area contributed by atoms with Crippen molar-refractivity contribution in [2.45, 2.75) is 31.1 Å². The summed E-state index contributed by atoms with van der Waals surface area (Å²) in [5.41, 5.74) is 26.0. The molecule has 1 aliphatic heterocycles. The fourth-order valence-corrected chi connectivity index (χ4v) is 14.4. The fraction of sp³-hybridized carbons (Fsp3) is 0.0649. The molecule has 3 nitrogen and oxygen atoms in total. The van der Waals surface area contributed by atoms with Crippen molar-refractivity contribution in [1.82, 2.24) is 4.57 Å². The SMILES string of the molecule is C1=C(c2ccc3c(c2)c2ccccc2n3-c2ccccc2)CCC(N(C2=CCCC3=C2c2ccccc2C32c3ccccc3N(c3ccccc3)c3ccccc32)c2ccccc2-c2ccccc2-c2cccc3ccccc23)=C1. The Labute approximate surface area is 467 Å². The lowest BCUT2D eigenvalue weighted by atomic mass is 9.62. The van der Waals surface area contributed by atoms with Gasteiger partial charge in [-0.2, -0.15) is 0 Å². The highest BCUT2D eigenvalue weighted by molar-refractivity contribution is 6.10. The zero-order valence-electron chi connectivity index (χ0n) is 44.3. The predicted octanol–water partition coefficient (Wildman–Crippen LogP) is 20.1. The topological polar surface area (TPSA) is 11.4 Å². The van der Waals surface area contributed by atoms with Gasteiger partial charge in [-0.25, -0.2) is 0 Å². The molecule has 0 N–H and O–H groups in total. The number of hydrogen-bond acceptors (Lipinski definition) is 2. The lowest BCUT2D eigenvalue weighted by Crippen LogP contribution is -2.37. The minimum atomic E-state index is -0.521. The van der Waals surface area contributed by atoms with Crippen molar-refractivity contribution in [3.05, 3.63) is 330 Å². The molecule has 2 heterocycles. The Morgan fingerprint density at radius 1 is 0.388 bits per heavy atom. The van der Waals surface area contributed by atoms with Gasteiger partial charge in [0, 0.05) is 44.7 Å². The third-order valence-corrected chi connectivity index (χ3v) is 17.6. The van der Waals surface area contributed by atoms with Crippen molar-refractivity contribution in [1.29, 1.82) is 0 Å². The number of aromatic nitrogens is 1. The highest BCUT2D eigenvalue weighted by Gasteiger charge is 2.54. The molecule has 0 saturated carbocycles. The maximum Gasteiger partial charge on any atom is 0.0718 e. The summed E-state index contributed by atoms with van der Waals surface area (Å²) in [5, 5.41) is 5.04. The van der Waals surface area contributed by atoms with Gasteiger partial charge in [0.1, 0.15) is 0 Å². The zero-order valence-corrected chi connectivity index (χ0v) is 44.3. The van der Waals surface area contributed by atoms with Crippen LogP contribution in [0.2, 0.25) is 0 Å². The van der Waals surface area contributed by atoms with E-state index < -0.39 is 5.41 Å². The van der Waals surface area contributed by atoms with Crippen molar-refractivity contribution in [2.24, 2.45) is 0 Å². The lowest BCUT2D eigenvalue weighted by molar-refractivity contribution is 0.684. The van der Waals surface area contributed by atoms with Gasteiger partial charge in [0.15, 0.2) is 0 Å². The number of nitrogens with zero attached hydrogens (tertiary/aromatic N) is 3. The predicted molar refractivity (Wildman–Crippen MR) is 335 cm³/mol. The summed E-state index contributed by atoms with van der Waals surface area (Å²) in [7, 11) is 0. The Morgan fingerprint density at radius 3 is 1.71 bits per heavy atom. The molecule has 0 bridgehead atoms. The normalized spacial score (nSPS) is 15.1. The summed E-state index contributed by atoms with van der Waals surface area (Å²) in [6, 6.07) is 99.2. The van der Waals surface area contributed by atoms with Crippen LogP contribution in [0, 0.1) is 0 Å². The largest absolute Gasteiger partial charge is 0.313 e. The molecule has 0 atom stereocenters. The van der Waals surface area contributed by atoms with E-state index in [1.54, 1.807) is 0 Å². The van der Waals surface area contributed by atoms with Gasteiger partial charge in [0.05, 0.1) is 33.5 Å². The van der Waals surface area contributed by atoms with Crippen LogP contribution in [0.15, 0.2) is 302 Å². The second kappa shape index (κ2) is 18.6. The van der Waals surface area contributed by atoms with Gasteiger partial charge < -0.3 is 14.4 Å². The van der Waals surface area contributed by atoms with Crippen LogP contribution in [0.5, 0.6) is 0 Å². The van der Waals surface area contributed by atoms with Crippen molar-refractivity contribution in [2.75, 3.05) is 9.80 Å². The minimum Gasteiger partial charge on any atom is -0.313 e. The van der Waals surface area contributed by atoms with Crippen molar-refractivity contribution >= 4 is 66.5 Å².